The number of para-hydroxylation sites is 1. The van der Waals surface area contributed by atoms with Crippen molar-refractivity contribution in [3.8, 4) is 0 Å². The second kappa shape index (κ2) is 8.81. The molecule has 2 atom stereocenters. The minimum atomic E-state index is -0.501. The Hall–Kier alpha value is -3.32. The fourth-order valence-corrected chi connectivity index (χ4v) is 4.42. The summed E-state index contributed by atoms with van der Waals surface area (Å²) in [6.07, 6.45) is 0. The maximum absolute atomic E-state index is 12.9. The summed E-state index contributed by atoms with van der Waals surface area (Å²) < 4.78 is 4.88. The number of nitrogens with one attached hydrogen (secondary N) is 3. The quantitative estimate of drug-likeness (QED) is 0.551. The monoisotopic (exact) mass is 421 g/mol. The van der Waals surface area contributed by atoms with E-state index in [1.54, 1.807) is 0 Å². The summed E-state index contributed by atoms with van der Waals surface area (Å²) in [5.41, 5.74) is 4.02. The number of aromatic amines is 1. The molecule has 1 fully saturated rings. The molecule has 7 nitrogen and oxygen atoms in total. The first-order chi connectivity index (χ1) is 15.0. The Morgan fingerprint density at radius 3 is 2.77 bits per heavy atom. The first-order valence-electron chi connectivity index (χ1n) is 10.6. The number of piperazine rings is 1. The number of esters is 1. The number of carbonyl (C=O) groups is 2. The fourth-order valence-electron chi connectivity index (χ4n) is 4.42. The standard InChI is InChI=1S/C24H28N4O3/c1-16-7-6-8-18(13-16)28-12-11-27(14-17(28)2)15-21(29)26-22-19-9-4-5-10-20(19)25-23(22)24(30)31-3/h4-10,13,17,25H,11-12,14-15H2,1-3H3,(H,26,29)/p+1/t17-/m0/s1. The predicted molar refractivity (Wildman–Crippen MR) is 122 cm³/mol. The Bertz CT molecular complexity index is 1110. The molecule has 3 N–H and O–H groups in total. The van der Waals surface area contributed by atoms with E-state index in [0.29, 0.717) is 18.3 Å². The average molecular weight is 422 g/mol. The van der Waals surface area contributed by atoms with E-state index in [4.69, 9.17) is 4.74 Å². The first-order valence-corrected chi connectivity index (χ1v) is 10.6. The van der Waals surface area contributed by atoms with Crippen LogP contribution in [0.3, 0.4) is 0 Å². The van der Waals surface area contributed by atoms with E-state index in [1.165, 1.54) is 23.3 Å². The maximum Gasteiger partial charge on any atom is 0.356 e. The van der Waals surface area contributed by atoms with Crippen molar-refractivity contribution in [2.24, 2.45) is 0 Å². The number of benzene rings is 2. The molecule has 0 spiro atoms. The minimum Gasteiger partial charge on any atom is -0.464 e. The second-order valence-corrected chi connectivity index (χ2v) is 8.22. The van der Waals surface area contributed by atoms with Crippen LogP contribution in [0.2, 0.25) is 0 Å². The van der Waals surface area contributed by atoms with Crippen LogP contribution >= 0.6 is 0 Å². The molecule has 3 aromatic rings. The molecule has 0 aliphatic carbocycles. The molecule has 1 unspecified atom stereocenters. The van der Waals surface area contributed by atoms with Crippen LogP contribution in [0.5, 0.6) is 0 Å². The normalized spacial score (nSPS) is 18.7. The van der Waals surface area contributed by atoms with E-state index >= 15 is 0 Å². The van der Waals surface area contributed by atoms with Gasteiger partial charge >= 0.3 is 5.97 Å². The number of carbonyl (C=O) groups excluding carboxylic acids is 2. The van der Waals surface area contributed by atoms with Gasteiger partial charge in [-0.1, -0.05) is 30.3 Å². The Kier molecular flexibility index (Phi) is 5.95. The highest BCUT2D eigenvalue weighted by atomic mass is 16.5. The van der Waals surface area contributed by atoms with Crippen molar-refractivity contribution in [2.45, 2.75) is 19.9 Å². The molecule has 0 saturated carbocycles. The van der Waals surface area contributed by atoms with Crippen molar-refractivity contribution in [3.63, 3.8) is 0 Å². The number of ether oxygens (including phenoxy) is 1. The molecule has 0 bridgehead atoms. The van der Waals surface area contributed by atoms with Gasteiger partial charge in [0.15, 0.2) is 6.54 Å². The highest BCUT2D eigenvalue weighted by Gasteiger charge is 2.29. The molecular formula is C24H29N4O3+. The van der Waals surface area contributed by atoms with Crippen LogP contribution in [0.25, 0.3) is 10.9 Å². The van der Waals surface area contributed by atoms with Crippen LogP contribution in [0.4, 0.5) is 11.4 Å². The molecular weight excluding hydrogens is 392 g/mol. The molecule has 7 heteroatoms. The van der Waals surface area contributed by atoms with Crippen LogP contribution in [0.15, 0.2) is 48.5 Å². The third-order valence-corrected chi connectivity index (χ3v) is 5.93. The van der Waals surface area contributed by atoms with E-state index in [0.717, 1.165) is 30.5 Å². The van der Waals surface area contributed by atoms with Crippen molar-refractivity contribution in [2.75, 3.05) is 43.5 Å². The highest BCUT2D eigenvalue weighted by molar-refractivity contribution is 6.11. The summed E-state index contributed by atoms with van der Waals surface area (Å²) in [5, 5.41) is 3.75. The molecule has 4 rings (SSSR count). The number of amides is 1. The van der Waals surface area contributed by atoms with Gasteiger partial charge in [-0.25, -0.2) is 4.79 Å². The lowest BCUT2D eigenvalue weighted by Gasteiger charge is -2.38. The van der Waals surface area contributed by atoms with E-state index in [9.17, 15) is 9.59 Å². The van der Waals surface area contributed by atoms with Crippen molar-refractivity contribution in [1.82, 2.24) is 4.98 Å². The lowest BCUT2D eigenvalue weighted by Crippen LogP contribution is -3.16. The van der Waals surface area contributed by atoms with Gasteiger partial charge in [0.2, 0.25) is 0 Å². The SMILES string of the molecule is COC(=O)c1[nH]c2ccccc2c1NC(=O)C[NH+]1CCN(c2cccc(C)c2)[C@@H](C)C1. The van der Waals surface area contributed by atoms with Gasteiger partial charge in [0.05, 0.1) is 38.5 Å². The zero-order valence-corrected chi connectivity index (χ0v) is 18.2. The third-order valence-electron chi connectivity index (χ3n) is 5.93. The molecule has 162 valence electrons. The lowest BCUT2D eigenvalue weighted by atomic mass is 10.1. The minimum absolute atomic E-state index is 0.110. The predicted octanol–water partition coefficient (Wildman–Crippen LogP) is 2.00. The largest absolute Gasteiger partial charge is 0.464 e. The molecule has 0 radical (unpaired) electrons. The molecule has 1 saturated heterocycles. The number of aryl methyl sites for hydroxylation is 1. The topological polar surface area (TPSA) is 78.9 Å². The number of hydrogen-bond acceptors (Lipinski definition) is 4. The second-order valence-electron chi connectivity index (χ2n) is 8.22. The van der Waals surface area contributed by atoms with Gasteiger partial charge in [0.1, 0.15) is 5.69 Å². The zero-order chi connectivity index (χ0) is 22.0. The number of aromatic nitrogens is 1. The number of methoxy groups -OCH3 is 1. The number of rotatable bonds is 5. The summed E-state index contributed by atoms with van der Waals surface area (Å²) in [6, 6.07) is 16.4. The molecule has 2 aromatic carbocycles. The van der Waals surface area contributed by atoms with Gasteiger partial charge in [-0.05, 0) is 37.6 Å². The Balaban J connectivity index is 1.44. The van der Waals surface area contributed by atoms with E-state index in [1.807, 2.05) is 24.3 Å². The molecule has 1 amide bonds. The van der Waals surface area contributed by atoms with Gasteiger partial charge in [-0.15, -0.1) is 0 Å². The lowest BCUT2D eigenvalue weighted by molar-refractivity contribution is -0.894. The van der Waals surface area contributed by atoms with Crippen molar-refractivity contribution in [1.29, 1.82) is 0 Å². The number of quaternary nitrogens is 1. The van der Waals surface area contributed by atoms with E-state index in [2.05, 4.69) is 53.3 Å². The van der Waals surface area contributed by atoms with Crippen LogP contribution in [-0.2, 0) is 9.53 Å². The van der Waals surface area contributed by atoms with Crippen LogP contribution in [0.1, 0.15) is 23.0 Å². The molecule has 2 heterocycles. The zero-order valence-electron chi connectivity index (χ0n) is 18.2. The summed E-state index contributed by atoms with van der Waals surface area (Å²) in [7, 11) is 1.33. The van der Waals surface area contributed by atoms with Gasteiger partial charge in [-0.2, -0.15) is 0 Å². The van der Waals surface area contributed by atoms with Crippen LogP contribution in [-0.4, -0.2) is 56.2 Å². The molecule has 1 aliphatic rings. The Labute approximate surface area is 182 Å². The Morgan fingerprint density at radius 1 is 1.23 bits per heavy atom. The Morgan fingerprint density at radius 2 is 2.03 bits per heavy atom. The van der Waals surface area contributed by atoms with Crippen molar-refractivity contribution in [3.05, 3.63) is 59.8 Å². The average Bonchev–Trinajstić information content (AvgIpc) is 3.11. The number of H-pyrrole nitrogens is 1. The number of fused-ring (bicyclic) bond motifs is 1. The van der Waals surface area contributed by atoms with E-state index < -0.39 is 5.97 Å². The van der Waals surface area contributed by atoms with Crippen molar-refractivity contribution < 1.29 is 19.2 Å². The summed E-state index contributed by atoms with van der Waals surface area (Å²) in [6.45, 7) is 7.31. The fraction of sp³-hybridized carbons (Fsp3) is 0.333. The molecule has 31 heavy (non-hydrogen) atoms. The van der Waals surface area contributed by atoms with Gasteiger partial charge < -0.3 is 24.8 Å². The highest BCUT2D eigenvalue weighted by Crippen LogP contribution is 2.28. The molecule has 1 aromatic heterocycles. The summed E-state index contributed by atoms with van der Waals surface area (Å²) >= 11 is 0. The summed E-state index contributed by atoms with van der Waals surface area (Å²) in [4.78, 5) is 31.8. The summed E-state index contributed by atoms with van der Waals surface area (Å²) in [5.74, 6) is -0.611. The van der Waals surface area contributed by atoms with Gasteiger partial charge in [0, 0.05) is 16.6 Å². The van der Waals surface area contributed by atoms with Crippen LogP contribution in [0, 0.1) is 6.92 Å². The third kappa shape index (κ3) is 4.41. The van der Waals surface area contributed by atoms with Crippen molar-refractivity contribution >= 4 is 34.2 Å². The maximum atomic E-state index is 12.9. The number of hydrogen-bond donors (Lipinski definition) is 3. The smallest absolute Gasteiger partial charge is 0.356 e. The first kappa shape index (κ1) is 20.9. The van der Waals surface area contributed by atoms with E-state index in [-0.39, 0.29) is 11.6 Å². The number of nitrogens with zero attached hydrogens (tertiary/aromatic N) is 1. The van der Waals surface area contributed by atoms with Gasteiger partial charge in [0.25, 0.3) is 5.91 Å². The number of anilines is 2. The van der Waals surface area contributed by atoms with Gasteiger partial charge in [-0.3, -0.25) is 4.79 Å². The van der Waals surface area contributed by atoms with Crippen LogP contribution < -0.4 is 15.1 Å². The molecule has 1 aliphatic heterocycles.